The Morgan fingerprint density at radius 1 is 0.895 bits per heavy atom. The maximum absolute atomic E-state index is 14.7. The van der Waals surface area contributed by atoms with E-state index in [1.165, 1.54) is 39.8 Å². The van der Waals surface area contributed by atoms with Crippen LogP contribution in [0.5, 0.6) is 0 Å². The average Bonchev–Trinajstić information content (AvgIpc) is 2.92. The average molecular weight is 506 g/mol. The van der Waals surface area contributed by atoms with Crippen LogP contribution in [-0.2, 0) is 34.3 Å². The topological polar surface area (TPSA) is 29.5 Å². The van der Waals surface area contributed by atoms with Crippen LogP contribution in [0, 0.1) is 5.92 Å². The van der Waals surface area contributed by atoms with E-state index in [0.29, 0.717) is 0 Å². The fraction of sp³-hybridized carbons (Fsp3) is 0.400. The van der Waals surface area contributed by atoms with E-state index < -0.39 is 11.1 Å². The molecule has 38 heavy (non-hydrogen) atoms. The summed E-state index contributed by atoms with van der Waals surface area (Å²) in [6.45, 7) is 7.80. The molecular formula is C35H39NO2. The highest BCUT2D eigenvalue weighted by atomic mass is 16.6. The molecule has 196 valence electrons. The smallest absolute Gasteiger partial charge is 0.332 e. The number of rotatable bonds is 4. The lowest BCUT2D eigenvalue weighted by Crippen LogP contribution is -2.61. The molecule has 3 aromatic rings. The third kappa shape index (κ3) is 4.31. The lowest BCUT2D eigenvalue weighted by molar-refractivity contribution is -0.176. The molecule has 3 nitrogen and oxygen atoms in total. The predicted molar refractivity (Wildman–Crippen MR) is 155 cm³/mol. The lowest BCUT2D eigenvalue weighted by Gasteiger charge is -2.51. The molecule has 2 unspecified atom stereocenters. The van der Waals surface area contributed by atoms with E-state index in [-0.39, 0.29) is 11.9 Å². The van der Waals surface area contributed by atoms with Crippen LogP contribution in [0.1, 0.15) is 67.9 Å². The van der Waals surface area contributed by atoms with Crippen LogP contribution >= 0.6 is 0 Å². The Hall–Kier alpha value is -3.17. The summed E-state index contributed by atoms with van der Waals surface area (Å²) in [5.74, 6) is -0.117. The molecule has 0 aromatic heterocycles. The minimum absolute atomic E-state index is 0.0146. The van der Waals surface area contributed by atoms with Gasteiger partial charge in [0.25, 0.3) is 0 Å². The molecule has 1 saturated heterocycles. The van der Waals surface area contributed by atoms with E-state index in [4.69, 9.17) is 4.74 Å². The molecule has 0 bridgehead atoms. The van der Waals surface area contributed by atoms with Gasteiger partial charge in [-0.3, -0.25) is 4.90 Å². The standard InChI is InChI=1S/C35H39NO2/c1-34(2,3)38-33(37)35(36-22-10-5-11-23-36)27(24-25-12-6-4-7-13-25)17-19-31-30-18-16-26-14-8-9-15-28(26)29(30)20-21-32(31)35/h4,6-9,12-15,17,19-21,27H,5,10-11,16,18,22-24H2,1-3H3. The van der Waals surface area contributed by atoms with Crippen LogP contribution in [0.15, 0.2) is 72.8 Å². The Labute approximate surface area is 227 Å². The van der Waals surface area contributed by atoms with Gasteiger partial charge in [0.1, 0.15) is 5.60 Å². The summed E-state index contributed by atoms with van der Waals surface area (Å²) in [4.78, 5) is 17.1. The van der Waals surface area contributed by atoms with Crippen LogP contribution in [0.2, 0.25) is 0 Å². The van der Waals surface area contributed by atoms with Crippen molar-refractivity contribution in [2.24, 2.45) is 5.92 Å². The number of hydrogen-bond acceptors (Lipinski definition) is 3. The summed E-state index contributed by atoms with van der Waals surface area (Å²) in [5, 5.41) is 0. The highest BCUT2D eigenvalue weighted by Gasteiger charge is 2.55. The number of carbonyl (C=O) groups is 1. The molecule has 0 spiro atoms. The van der Waals surface area contributed by atoms with E-state index in [1.54, 1.807) is 0 Å². The Morgan fingerprint density at radius 2 is 1.63 bits per heavy atom. The first-order valence-electron chi connectivity index (χ1n) is 14.3. The molecule has 0 radical (unpaired) electrons. The summed E-state index contributed by atoms with van der Waals surface area (Å²) in [7, 11) is 0. The maximum atomic E-state index is 14.7. The Morgan fingerprint density at radius 3 is 2.39 bits per heavy atom. The third-order valence-electron chi connectivity index (χ3n) is 8.61. The quantitative estimate of drug-likeness (QED) is 0.347. The number of esters is 1. The summed E-state index contributed by atoms with van der Waals surface area (Å²) in [5.41, 5.74) is 7.64. The normalized spacial score (nSPS) is 22.8. The second-order valence-electron chi connectivity index (χ2n) is 12.2. The SMILES string of the molecule is CC(C)(C)OC(=O)C1(N2CCCCC2)c2ccc3c(c2C=CC1Cc1ccccc1)CCc1ccccc1-3. The Kier molecular flexibility index (Phi) is 6.52. The number of aryl methyl sites for hydroxylation is 1. The minimum Gasteiger partial charge on any atom is -0.458 e. The van der Waals surface area contributed by atoms with E-state index >= 15 is 0 Å². The molecule has 2 aliphatic carbocycles. The van der Waals surface area contributed by atoms with Crippen molar-refractivity contribution in [3.05, 3.63) is 101 Å². The number of ether oxygens (including phenoxy) is 1. The van der Waals surface area contributed by atoms with E-state index in [0.717, 1.165) is 50.8 Å². The minimum atomic E-state index is -0.848. The number of fused-ring (bicyclic) bond motifs is 5. The molecular weight excluding hydrogens is 466 g/mol. The second-order valence-corrected chi connectivity index (χ2v) is 12.2. The molecule has 3 aromatic carbocycles. The number of likely N-dealkylation sites (tertiary alicyclic amines) is 1. The zero-order chi connectivity index (χ0) is 26.3. The predicted octanol–water partition coefficient (Wildman–Crippen LogP) is 7.36. The molecule has 0 amide bonds. The van der Waals surface area contributed by atoms with E-state index in [9.17, 15) is 4.79 Å². The monoisotopic (exact) mass is 505 g/mol. The second kappa shape index (κ2) is 9.85. The van der Waals surface area contributed by atoms with Crippen molar-refractivity contribution in [2.75, 3.05) is 13.1 Å². The Balaban J connectivity index is 1.57. The fourth-order valence-electron chi connectivity index (χ4n) is 7.00. The van der Waals surface area contributed by atoms with Crippen LogP contribution in [0.3, 0.4) is 0 Å². The van der Waals surface area contributed by atoms with Crippen molar-refractivity contribution in [2.45, 2.75) is 70.4 Å². The summed E-state index contributed by atoms with van der Waals surface area (Å²) in [6.07, 6.45) is 10.9. The van der Waals surface area contributed by atoms with Crippen molar-refractivity contribution in [1.29, 1.82) is 0 Å². The van der Waals surface area contributed by atoms with Crippen molar-refractivity contribution >= 4 is 12.0 Å². The van der Waals surface area contributed by atoms with E-state index in [2.05, 4.69) is 83.8 Å². The van der Waals surface area contributed by atoms with Crippen LogP contribution in [0.4, 0.5) is 0 Å². The summed E-state index contributed by atoms with van der Waals surface area (Å²) in [6, 6.07) is 23.9. The third-order valence-corrected chi connectivity index (χ3v) is 8.61. The summed E-state index contributed by atoms with van der Waals surface area (Å²) < 4.78 is 6.34. The molecule has 3 aliphatic rings. The first kappa shape index (κ1) is 25.1. The van der Waals surface area contributed by atoms with Gasteiger partial charge in [-0.2, -0.15) is 0 Å². The zero-order valence-corrected chi connectivity index (χ0v) is 23.0. The van der Waals surface area contributed by atoms with Crippen molar-refractivity contribution in [3.63, 3.8) is 0 Å². The number of hydrogen-bond donors (Lipinski definition) is 0. The molecule has 6 rings (SSSR count). The van der Waals surface area contributed by atoms with Crippen molar-refractivity contribution < 1.29 is 9.53 Å². The number of benzene rings is 3. The first-order chi connectivity index (χ1) is 18.4. The van der Waals surface area contributed by atoms with Gasteiger partial charge in [-0.25, -0.2) is 4.79 Å². The first-order valence-corrected chi connectivity index (χ1v) is 14.3. The van der Waals surface area contributed by atoms with Gasteiger partial charge >= 0.3 is 5.97 Å². The van der Waals surface area contributed by atoms with Crippen LogP contribution in [-0.4, -0.2) is 29.6 Å². The van der Waals surface area contributed by atoms with Gasteiger partial charge in [-0.15, -0.1) is 0 Å². The van der Waals surface area contributed by atoms with Gasteiger partial charge in [-0.1, -0.05) is 85.3 Å². The molecule has 1 heterocycles. The highest BCUT2D eigenvalue weighted by molar-refractivity contribution is 5.90. The van der Waals surface area contributed by atoms with Gasteiger partial charge in [0.2, 0.25) is 0 Å². The molecule has 1 fully saturated rings. The maximum Gasteiger partial charge on any atom is 0.332 e. The summed E-state index contributed by atoms with van der Waals surface area (Å²) >= 11 is 0. The van der Waals surface area contributed by atoms with Crippen molar-refractivity contribution in [1.82, 2.24) is 4.90 Å². The van der Waals surface area contributed by atoms with Gasteiger partial charge in [0, 0.05) is 5.92 Å². The molecule has 3 heteroatoms. The van der Waals surface area contributed by atoms with Gasteiger partial charge < -0.3 is 4.74 Å². The number of carbonyl (C=O) groups excluding carboxylic acids is 1. The van der Waals surface area contributed by atoms with Crippen LogP contribution in [0.25, 0.3) is 17.2 Å². The largest absolute Gasteiger partial charge is 0.458 e. The van der Waals surface area contributed by atoms with Gasteiger partial charge in [0.05, 0.1) is 0 Å². The van der Waals surface area contributed by atoms with E-state index in [1.807, 2.05) is 20.8 Å². The zero-order valence-electron chi connectivity index (χ0n) is 23.0. The number of piperidine rings is 1. The molecule has 0 saturated carbocycles. The lowest BCUT2D eigenvalue weighted by atomic mass is 9.66. The Bertz CT molecular complexity index is 1360. The molecule has 2 atom stereocenters. The number of nitrogens with zero attached hydrogens (tertiary/aromatic N) is 1. The van der Waals surface area contributed by atoms with Gasteiger partial charge in [-0.05, 0) is 105 Å². The molecule has 1 aliphatic heterocycles. The highest BCUT2D eigenvalue weighted by Crippen LogP contribution is 2.50. The van der Waals surface area contributed by atoms with Gasteiger partial charge in [0.15, 0.2) is 5.54 Å². The van der Waals surface area contributed by atoms with Crippen molar-refractivity contribution in [3.8, 4) is 11.1 Å². The fourth-order valence-corrected chi connectivity index (χ4v) is 7.00. The molecule has 0 N–H and O–H groups in total. The van der Waals surface area contributed by atoms with Crippen LogP contribution < -0.4 is 0 Å².